The smallest absolute Gasteiger partial charge is 0.414 e. The van der Waals surface area contributed by atoms with Gasteiger partial charge in [-0.05, 0) is 53.0 Å². The Labute approximate surface area is 208 Å². The lowest BCUT2D eigenvalue weighted by Crippen LogP contribution is -2.35. The number of halogens is 2. The van der Waals surface area contributed by atoms with Gasteiger partial charge in [-0.15, -0.1) is 0 Å². The molecule has 0 radical (unpaired) electrons. The van der Waals surface area contributed by atoms with Crippen molar-refractivity contribution in [2.75, 3.05) is 0 Å². The Kier molecular flexibility index (Phi) is 9.63. The highest BCUT2D eigenvalue weighted by atomic mass is 79.9. The molecule has 2 rings (SSSR count). The first kappa shape index (κ1) is 26.6. The molecule has 0 saturated heterocycles. The van der Waals surface area contributed by atoms with Crippen LogP contribution in [0.15, 0.2) is 63.6 Å². The number of carbonyl (C=O) groups excluding carboxylic acids is 3. The van der Waals surface area contributed by atoms with Gasteiger partial charge in [-0.1, -0.05) is 54.1 Å². The van der Waals surface area contributed by atoms with E-state index in [1.54, 1.807) is 48.5 Å². The number of amides is 3. The molecule has 0 aliphatic carbocycles. The molecule has 10 heteroatoms. The van der Waals surface area contributed by atoms with E-state index < -0.39 is 29.4 Å². The summed E-state index contributed by atoms with van der Waals surface area (Å²) in [6, 6.07) is 11.5. The van der Waals surface area contributed by atoms with Crippen molar-refractivity contribution in [2.24, 2.45) is 5.41 Å². The zero-order valence-electron chi connectivity index (χ0n) is 18.0. The van der Waals surface area contributed by atoms with E-state index in [0.29, 0.717) is 32.9 Å². The summed E-state index contributed by atoms with van der Waals surface area (Å²) >= 11 is 6.66. The number of alkyl carbamates (subject to hydrolysis) is 1. The molecule has 33 heavy (non-hydrogen) atoms. The molecule has 0 aromatic heterocycles. The number of rotatable bonds is 8. The fraction of sp³-hybridized carbons (Fsp3) is 0.261. The molecular weight excluding hydrogens is 560 g/mol. The summed E-state index contributed by atoms with van der Waals surface area (Å²) in [5.41, 5.74) is 1.41. The van der Waals surface area contributed by atoms with Crippen molar-refractivity contribution in [1.29, 1.82) is 0 Å². The Morgan fingerprint density at radius 1 is 1.15 bits per heavy atom. The summed E-state index contributed by atoms with van der Waals surface area (Å²) < 4.78 is 6.71. The summed E-state index contributed by atoms with van der Waals surface area (Å²) in [5, 5.41) is 21.5. The standard InChI is InChI=1S/C23H24Br2N2O6/c1-23(2,11-7-6-10-18(28)27-32)20(16-12-15(24)13-17(25)19(16)29)33-22(31)26-21(30)14-8-4-3-5-9-14/h3-6,8-10,12-13,20,29,32H,7,11H2,1-2H3,(H,27,28)(H,26,30,31)/b10-6+/t20-/m1/s1. The Morgan fingerprint density at radius 3 is 2.45 bits per heavy atom. The van der Waals surface area contributed by atoms with Crippen molar-refractivity contribution in [3.8, 4) is 5.75 Å². The van der Waals surface area contributed by atoms with Gasteiger partial charge >= 0.3 is 6.09 Å². The number of aromatic hydroxyl groups is 1. The molecule has 1 atom stereocenters. The number of phenolic OH excluding ortho intramolecular Hbond substituents is 1. The van der Waals surface area contributed by atoms with Crippen molar-refractivity contribution < 1.29 is 29.4 Å². The Hall–Kier alpha value is -2.69. The third kappa shape index (κ3) is 7.69. The summed E-state index contributed by atoms with van der Waals surface area (Å²) in [6.07, 6.45) is 1.70. The monoisotopic (exact) mass is 582 g/mol. The summed E-state index contributed by atoms with van der Waals surface area (Å²) in [4.78, 5) is 36.2. The lowest BCUT2D eigenvalue weighted by atomic mass is 9.78. The minimum atomic E-state index is -0.965. The molecule has 0 spiro atoms. The number of hydroxylamine groups is 1. The van der Waals surface area contributed by atoms with Crippen LogP contribution in [0, 0.1) is 5.41 Å². The SMILES string of the molecule is CC(C)(CC/C=C/C(=O)NO)[C@H](OC(=O)NC(=O)c1ccccc1)c1cc(Br)cc(Br)c1O. The third-order valence-electron chi connectivity index (χ3n) is 4.86. The van der Waals surface area contributed by atoms with Crippen LogP contribution in [0.4, 0.5) is 4.79 Å². The number of hydrogen-bond acceptors (Lipinski definition) is 6. The average molecular weight is 584 g/mol. The number of imide groups is 1. The van der Waals surface area contributed by atoms with Gasteiger partial charge in [0.1, 0.15) is 11.9 Å². The van der Waals surface area contributed by atoms with Crippen LogP contribution >= 0.6 is 31.9 Å². The van der Waals surface area contributed by atoms with Crippen molar-refractivity contribution in [2.45, 2.75) is 32.8 Å². The summed E-state index contributed by atoms with van der Waals surface area (Å²) in [6.45, 7) is 3.66. The number of benzene rings is 2. The first-order chi connectivity index (χ1) is 15.5. The largest absolute Gasteiger partial charge is 0.506 e. The second kappa shape index (κ2) is 12.0. The van der Waals surface area contributed by atoms with Gasteiger partial charge in [-0.3, -0.25) is 20.1 Å². The fourth-order valence-electron chi connectivity index (χ4n) is 3.13. The molecule has 0 unspecified atom stereocenters. The Morgan fingerprint density at radius 2 is 1.82 bits per heavy atom. The first-order valence-corrected chi connectivity index (χ1v) is 11.5. The van der Waals surface area contributed by atoms with Gasteiger partial charge in [0, 0.05) is 27.1 Å². The van der Waals surface area contributed by atoms with Crippen LogP contribution < -0.4 is 10.8 Å². The van der Waals surface area contributed by atoms with Gasteiger partial charge in [-0.25, -0.2) is 10.3 Å². The van der Waals surface area contributed by atoms with Crippen molar-refractivity contribution in [3.05, 3.63) is 74.7 Å². The molecule has 8 nitrogen and oxygen atoms in total. The molecule has 0 fully saturated rings. The average Bonchev–Trinajstić information content (AvgIpc) is 2.78. The maximum atomic E-state index is 12.6. The van der Waals surface area contributed by atoms with E-state index >= 15 is 0 Å². The molecular formula is C23H24Br2N2O6. The predicted molar refractivity (Wildman–Crippen MR) is 129 cm³/mol. The maximum absolute atomic E-state index is 12.6. The minimum absolute atomic E-state index is 0.103. The maximum Gasteiger partial charge on any atom is 0.414 e. The molecule has 2 aromatic rings. The predicted octanol–water partition coefficient (Wildman–Crippen LogP) is 5.39. The number of ether oxygens (including phenoxy) is 1. The Bertz CT molecular complexity index is 1040. The molecule has 3 amide bonds. The zero-order chi connectivity index (χ0) is 24.6. The van der Waals surface area contributed by atoms with E-state index in [1.165, 1.54) is 11.6 Å². The van der Waals surface area contributed by atoms with Crippen LogP contribution in [0.2, 0.25) is 0 Å². The van der Waals surface area contributed by atoms with E-state index in [9.17, 15) is 19.5 Å². The quantitative estimate of drug-likeness (QED) is 0.187. The number of hydrogen-bond donors (Lipinski definition) is 4. The molecule has 0 aliphatic heterocycles. The molecule has 0 saturated carbocycles. The molecule has 2 aromatic carbocycles. The lowest BCUT2D eigenvalue weighted by molar-refractivity contribution is -0.124. The van der Waals surface area contributed by atoms with Crippen molar-refractivity contribution >= 4 is 49.8 Å². The molecule has 4 N–H and O–H groups in total. The van der Waals surface area contributed by atoms with E-state index in [0.717, 1.165) is 0 Å². The molecule has 0 bridgehead atoms. The van der Waals surface area contributed by atoms with Gasteiger partial charge in [0.05, 0.1) is 4.47 Å². The number of carbonyl (C=O) groups is 3. The minimum Gasteiger partial charge on any atom is -0.506 e. The van der Waals surface area contributed by atoms with E-state index in [4.69, 9.17) is 9.94 Å². The zero-order valence-corrected chi connectivity index (χ0v) is 21.1. The highest BCUT2D eigenvalue weighted by molar-refractivity contribution is 9.11. The molecule has 0 aliphatic rings. The van der Waals surface area contributed by atoms with Gasteiger partial charge in [0.25, 0.3) is 11.8 Å². The third-order valence-corrected chi connectivity index (χ3v) is 5.92. The van der Waals surface area contributed by atoms with Crippen molar-refractivity contribution in [1.82, 2.24) is 10.8 Å². The van der Waals surface area contributed by atoms with Gasteiger partial charge in [-0.2, -0.15) is 0 Å². The van der Waals surface area contributed by atoms with Crippen LogP contribution in [0.5, 0.6) is 5.75 Å². The van der Waals surface area contributed by atoms with Crippen LogP contribution in [-0.2, 0) is 9.53 Å². The van der Waals surface area contributed by atoms with Crippen LogP contribution in [0.1, 0.15) is 48.7 Å². The first-order valence-electron chi connectivity index (χ1n) is 9.90. The lowest BCUT2D eigenvalue weighted by Gasteiger charge is -2.34. The number of phenols is 1. The molecule has 0 heterocycles. The van der Waals surface area contributed by atoms with Crippen LogP contribution in [0.3, 0.4) is 0 Å². The highest BCUT2D eigenvalue weighted by Crippen LogP contribution is 2.46. The van der Waals surface area contributed by atoms with Gasteiger partial charge in [0.2, 0.25) is 0 Å². The van der Waals surface area contributed by atoms with Crippen LogP contribution in [0.25, 0.3) is 0 Å². The van der Waals surface area contributed by atoms with E-state index in [2.05, 4.69) is 37.2 Å². The Balaban J connectivity index is 2.29. The fourth-order valence-corrected chi connectivity index (χ4v) is 4.39. The number of nitrogens with one attached hydrogen (secondary N) is 2. The number of allylic oxidation sites excluding steroid dienone is 1. The van der Waals surface area contributed by atoms with E-state index in [1.807, 2.05) is 13.8 Å². The van der Waals surface area contributed by atoms with E-state index in [-0.39, 0.29) is 5.75 Å². The van der Waals surface area contributed by atoms with Crippen molar-refractivity contribution in [3.63, 3.8) is 0 Å². The van der Waals surface area contributed by atoms with Gasteiger partial charge < -0.3 is 9.84 Å². The topological polar surface area (TPSA) is 125 Å². The van der Waals surface area contributed by atoms with Crippen LogP contribution in [-0.4, -0.2) is 28.2 Å². The summed E-state index contributed by atoms with van der Waals surface area (Å²) in [5.74, 6) is -1.38. The molecule has 176 valence electrons. The summed E-state index contributed by atoms with van der Waals surface area (Å²) in [7, 11) is 0. The second-order valence-corrected chi connectivity index (χ2v) is 9.61. The second-order valence-electron chi connectivity index (χ2n) is 7.84. The normalized spacial score (nSPS) is 12.3. The highest BCUT2D eigenvalue weighted by Gasteiger charge is 2.36. The van der Waals surface area contributed by atoms with Gasteiger partial charge in [0.15, 0.2) is 0 Å².